The van der Waals surface area contributed by atoms with Crippen molar-refractivity contribution < 1.29 is 19.3 Å². The van der Waals surface area contributed by atoms with E-state index < -0.39 is 11.5 Å². The second-order valence-corrected chi connectivity index (χ2v) is 9.62. The monoisotopic (exact) mass is 490 g/mol. The van der Waals surface area contributed by atoms with Crippen molar-refractivity contribution >= 4 is 10.8 Å². The lowest BCUT2D eigenvalue weighted by molar-refractivity contribution is 0.0759. The predicted octanol–water partition coefficient (Wildman–Crippen LogP) is 5.43. The number of rotatable bonds is 13. The maximum Gasteiger partial charge on any atom is 0.161 e. The van der Waals surface area contributed by atoms with Gasteiger partial charge in [0, 0.05) is 11.9 Å². The molecule has 0 heterocycles. The third-order valence-electron chi connectivity index (χ3n) is 6.90. The number of likely N-dealkylation sites (N-methyl/N-ethyl adjacent to an activating group) is 1. The van der Waals surface area contributed by atoms with Gasteiger partial charge in [-0.05, 0) is 61.5 Å². The zero-order chi connectivity index (χ0) is 26.1. The van der Waals surface area contributed by atoms with E-state index in [1.54, 1.807) is 14.2 Å². The first-order valence-electron chi connectivity index (χ1n) is 12.5. The van der Waals surface area contributed by atoms with Crippen molar-refractivity contribution in [1.29, 1.82) is 5.26 Å². The van der Waals surface area contributed by atoms with Crippen LogP contribution >= 0.6 is 0 Å². The summed E-state index contributed by atoms with van der Waals surface area (Å²) in [6.07, 6.45) is 0.891. The van der Waals surface area contributed by atoms with E-state index in [1.807, 2.05) is 67.7 Å². The molecule has 6 heteroatoms. The van der Waals surface area contributed by atoms with Crippen molar-refractivity contribution in [1.82, 2.24) is 4.90 Å². The van der Waals surface area contributed by atoms with Gasteiger partial charge in [0.15, 0.2) is 11.5 Å². The first-order chi connectivity index (χ1) is 17.3. The Hall–Kier alpha value is -3.27. The van der Waals surface area contributed by atoms with E-state index in [2.05, 4.69) is 24.8 Å². The number of ether oxygens (including phenoxy) is 3. The maximum atomic E-state index is 10.6. The fourth-order valence-electron chi connectivity index (χ4n) is 4.77. The highest BCUT2D eigenvalue weighted by molar-refractivity contribution is 5.88. The number of hydrogen-bond donors (Lipinski definition) is 1. The van der Waals surface area contributed by atoms with Crippen LogP contribution in [0.3, 0.4) is 0 Å². The number of aliphatic hydroxyl groups is 1. The molecule has 2 atom stereocenters. The van der Waals surface area contributed by atoms with Crippen LogP contribution in [0.25, 0.3) is 10.8 Å². The summed E-state index contributed by atoms with van der Waals surface area (Å²) in [7, 11) is 5.20. The Labute approximate surface area is 215 Å². The summed E-state index contributed by atoms with van der Waals surface area (Å²) in [6.45, 7) is 5.63. The first kappa shape index (κ1) is 27.3. The number of nitrogens with zero attached hydrogens (tertiary/aromatic N) is 2. The summed E-state index contributed by atoms with van der Waals surface area (Å²) in [6, 6.07) is 22.3. The van der Waals surface area contributed by atoms with Gasteiger partial charge in [-0.3, -0.25) is 0 Å². The number of fused-ring (bicyclic) bond motifs is 1. The molecule has 0 saturated heterocycles. The molecule has 0 aliphatic rings. The minimum absolute atomic E-state index is 0.116. The summed E-state index contributed by atoms with van der Waals surface area (Å²) in [5.41, 5.74) is 0.292. The molecule has 3 aromatic rings. The lowest BCUT2D eigenvalue weighted by atomic mass is 9.69. The molecule has 0 bridgehead atoms. The Morgan fingerprint density at radius 2 is 1.69 bits per heavy atom. The lowest BCUT2D eigenvalue weighted by Gasteiger charge is -2.32. The number of hydrogen-bond acceptors (Lipinski definition) is 6. The highest BCUT2D eigenvalue weighted by atomic mass is 16.5. The molecule has 1 N–H and O–H groups in total. The molecule has 0 fully saturated rings. The van der Waals surface area contributed by atoms with Crippen LogP contribution in [0.15, 0.2) is 60.7 Å². The molecular formula is C30H38N2O4. The van der Waals surface area contributed by atoms with Gasteiger partial charge < -0.3 is 24.2 Å². The molecule has 0 amide bonds. The van der Waals surface area contributed by atoms with Crippen LogP contribution in [-0.4, -0.2) is 57.1 Å². The van der Waals surface area contributed by atoms with E-state index >= 15 is 0 Å². The highest BCUT2D eigenvalue weighted by Gasteiger charge is 2.36. The van der Waals surface area contributed by atoms with Crippen LogP contribution in [0.2, 0.25) is 0 Å². The summed E-state index contributed by atoms with van der Waals surface area (Å²) < 4.78 is 16.8. The molecule has 0 aliphatic carbocycles. The second-order valence-electron chi connectivity index (χ2n) is 9.62. The van der Waals surface area contributed by atoms with E-state index in [4.69, 9.17) is 14.2 Å². The SMILES string of the molecule is COc1ccc(C(C#N)(CCCN(C)CC(O)COc2cccc3ccccc23)C(C)C)cc1OC. The summed E-state index contributed by atoms with van der Waals surface area (Å²) in [4.78, 5) is 2.09. The van der Waals surface area contributed by atoms with Crippen molar-refractivity contribution in [3.63, 3.8) is 0 Å². The van der Waals surface area contributed by atoms with E-state index in [0.29, 0.717) is 24.5 Å². The van der Waals surface area contributed by atoms with E-state index in [1.165, 1.54) is 0 Å². The average Bonchev–Trinajstić information content (AvgIpc) is 2.89. The minimum atomic E-state index is -0.642. The Kier molecular flexibility index (Phi) is 9.58. The highest BCUT2D eigenvalue weighted by Crippen LogP contribution is 2.40. The smallest absolute Gasteiger partial charge is 0.161 e. The average molecular weight is 491 g/mol. The van der Waals surface area contributed by atoms with E-state index in [0.717, 1.165) is 35.1 Å². The van der Waals surface area contributed by atoms with Crippen molar-refractivity contribution in [3.8, 4) is 23.3 Å². The predicted molar refractivity (Wildman–Crippen MR) is 144 cm³/mol. The maximum absolute atomic E-state index is 10.6. The van der Waals surface area contributed by atoms with Crippen LogP contribution in [0, 0.1) is 17.2 Å². The van der Waals surface area contributed by atoms with Gasteiger partial charge in [-0.25, -0.2) is 0 Å². The van der Waals surface area contributed by atoms with Gasteiger partial charge in [0.1, 0.15) is 18.5 Å². The molecule has 0 aromatic heterocycles. The number of methoxy groups -OCH3 is 2. The largest absolute Gasteiger partial charge is 0.493 e. The molecular weight excluding hydrogens is 452 g/mol. The van der Waals surface area contributed by atoms with Crippen molar-refractivity contribution in [2.45, 2.75) is 38.2 Å². The van der Waals surface area contributed by atoms with Crippen molar-refractivity contribution in [2.24, 2.45) is 5.92 Å². The summed E-state index contributed by atoms with van der Waals surface area (Å²) in [5, 5.41) is 23.0. The van der Waals surface area contributed by atoms with Crippen LogP contribution in [0.5, 0.6) is 17.2 Å². The minimum Gasteiger partial charge on any atom is -0.493 e. The van der Waals surface area contributed by atoms with E-state index in [-0.39, 0.29) is 12.5 Å². The van der Waals surface area contributed by atoms with Gasteiger partial charge in [0.05, 0.1) is 25.7 Å². The van der Waals surface area contributed by atoms with Gasteiger partial charge in [0.2, 0.25) is 0 Å². The van der Waals surface area contributed by atoms with Gasteiger partial charge in [-0.1, -0.05) is 56.3 Å². The molecule has 0 spiro atoms. The van der Waals surface area contributed by atoms with Gasteiger partial charge >= 0.3 is 0 Å². The lowest BCUT2D eigenvalue weighted by Crippen LogP contribution is -2.35. The molecule has 2 unspecified atom stereocenters. The zero-order valence-corrected chi connectivity index (χ0v) is 22.0. The summed E-state index contributed by atoms with van der Waals surface area (Å²) in [5.74, 6) is 2.17. The fourth-order valence-corrected chi connectivity index (χ4v) is 4.77. The first-order valence-corrected chi connectivity index (χ1v) is 12.5. The van der Waals surface area contributed by atoms with Gasteiger partial charge in [-0.2, -0.15) is 5.26 Å². The standard InChI is InChI=1S/C30H38N2O4/c1-22(2)30(21-31,24-14-15-28(34-4)29(18-24)35-5)16-9-17-32(3)19-25(33)20-36-27-13-8-11-23-10-6-7-12-26(23)27/h6-8,10-15,18,22,25,33H,9,16-17,19-20H2,1-5H3. The topological polar surface area (TPSA) is 75.0 Å². The molecule has 192 valence electrons. The Morgan fingerprint density at radius 3 is 2.39 bits per heavy atom. The third kappa shape index (κ3) is 6.29. The van der Waals surface area contributed by atoms with Gasteiger partial charge in [0.25, 0.3) is 0 Å². The second kappa shape index (κ2) is 12.6. The van der Waals surface area contributed by atoms with Crippen molar-refractivity contribution in [3.05, 3.63) is 66.2 Å². The molecule has 36 heavy (non-hydrogen) atoms. The molecule has 3 aromatic carbocycles. The molecule has 0 radical (unpaired) electrons. The third-order valence-corrected chi connectivity index (χ3v) is 6.90. The summed E-state index contributed by atoms with van der Waals surface area (Å²) >= 11 is 0. The fraction of sp³-hybridized carbons (Fsp3) is 0.433. The van der Waals surface area contributed by atoms with Crippen LogP contribution < -0.4 is 14.2 Å². The molecule has 6 nitrogen and oxygen atoms in total. The van der Waals surface area contributed by atoms with Crippen LogP contribution in [-0.2, 0) is 5.41 Å². The van der Waals surface area contributed by atoms with Crippen molar-refractivity contribution in [2.75, 3.05) is 41.0 Å². The van der Waals surface area contributed by atoms with Crippen LogP contribution in [0.4, 0.5) is 0 Å². The molecule has 0 saturated carbocycles. The Bertz CT molecular complexity index is 1170. The Morgan fingerprint density at radius 1 is 0.972 bits per heavy atom. The van der Waals surface area contributed by atoms with Gasteiger partial charge in [-0.15, -0.1) is 0 Å². The normalized spacial score (nSPS) is 13.9. The van der Waals surface area contributed by atoms with E-state index in [9.17, 15) is 10.4 Å². The number of benzene rings is 3. The molecule has 0 aliphatic heterocycles. The van der Waals surface area contributed by atoms with Crippen LogP contribution in [0.1, 0.15) is 32.3 Å². The Balaban J connectivity index is 1.57. The zero-order valence-electron chi connectivity index (χ0n) is 22.0. The molecule has 3 rings (SSSR count). The number of nitriles is 1. The number of aliphatic hydroxyl groups excluding tert-OH is 1. The quantitative estimate of drug-likeness (QED) is 0.345.